The summed E-state index contributed by atoms with van der Waals surface area (Å²) in [4.78, 5) is 24.7. The third-order valence-corrected chi connectivity index (χ3v) is 8.38. The Labute approximate surface area is 225 Å². The van der Waals surface area contributed by atoms with Gasteiger partial charge in [0.25, 0.3) is 0 Å². The highest BCUT2D eigenvalue weighted by molar-refractivity contribution is 5.77. The first-order chi connectivity index (χ1) is 17.9. The van der Waals surface area contributed by atoms with Gasteiger partial charge in [0, 0.05) is 44.9 Å². The number of methoxy groups -OCH3 is 1. The SMILES string of the molecule is CN1CCC(O)C2(CCCC2)C1.CN1CCCC1=O.COc1ccccc1.O=CCCC1CCCCC1. The van der Waals surface area contributed by atoms with Crippen molar-refractivity contribution in [1.29, 1.82) is 0 Å². The van der Waals surface area contributed by atoms with Crippen molar-refractivity contribution in [2.24, 2.45) is 11.3 Å². The summed E-state index contributed by atoms with van der Waals surface area (Å²) < 4.78 is 4.91. The molecule has 6 nitrogen and oxygen atoms in total. The number of carbonyl (C=O) groups is 2. The van der Waals surface area contributed by atoms with Gasteiger partial charge in [0.2, 0.25) is 5.91 Å². The highest BCUT2D eigenvalue weighted by atomic mass is 16.5. The first-order valence-electron chi connectivity index (χ1n) is 14.5. The van der Waals surface area contributed by atoms with Gasteiger partial charge in [0.05, 0.1) is 13.2 Å². The molecule has 4 aliphatic rings. The van der Waals surface area contributed by atoms with E-state index in [2.05, 4.69) is 11.9 Å². The summed E-state index contributed by atoms with van der Waals surface area (Å²) in [5, 5.41) is 9.95. The maximum absolute atomic E-state index is 10.5. The lowest BCUT2D eigenvalue weighted by molar-refractivity contribution is -0.126. The molecule has 1 N–H and O–H groups in total. The Morgan fingerprint density at radius 2 is 1.65 bits per heavy atom. The summed E-state index contributed by atoms with van der Waals surface area (Å²) in [6.07, 6.45) is 17.8. The Bertz CT molecular complexity index is 745. The largest absolute Gasteiger partial charge is 0.497 e. The van der Waals surface area contributed by atoms with Crippen LogP contribution in [0.1, 0.15) is 89.9 Å². The molecule has 0 bridgehead atoms. The molecule has 6 heteroatoms. The summed E-state index contributed by atoms with van der Waals surface area (Å²) in [6, 6.07) is 9.68. The highest BCUT2D eigenvalue weighted by Gasteiger charge is 2.43. The van der Waals surface area contributed by atoms with Gasteiger partial charge in [0.1, 0.15) is 12.0 Å². The van der Waals surface area contributed by atoms with Crippen molar-refractivity contribution in [3.63, 3.8) is 0 Å². The fourth-order valence-corrected chi connectivity index (χ4v) is 6.06. The molecular weight excluding hydrogens is 464 g/mol. The maximum Gasteiger partial charge on any atom is 0.222 e. The number of nitrogens with zero attached hydrogens (tertiary/aromatic N) is 2. The van der Waals surface area contributed by atoms with Crippen molar-refractivity contribution in [3.8, 4) is 5.75 Å². The number of benzene rings is 1. The van der Waals surface area contributed by atoms with Gasteiger partial charge in [-0.3, -0.25) is 4.79 Å². The summed E-state index contributed by atoms with van der Waals surface area (Å²) in [5.74, 6) is 2.08. The third-order valence-electron chi connectivity index (χ3n) is 8.38. The number of hydrogen-bond acceptors (Lipinski definition) is 5. The van der Waals surface area contributed by atoms with E-state index in [9.17, 15) is 14.7 Å². The lowest BCUT2D eigenvalue weighted by atomic mass is 9.76. The molecule has 1 spiro atoms. The van der Waals surface area contributed by atoms with Crippen LogP contribution in [0.5, 0.6) is 5.75 Å². The zero-order chi connectivity index (χ0) is 26.9. The Morgan fingerprint density at radius 3 is 2.14 bits per heavy atom. The first kappa shape index (κ1) is 31.3. The molecule has 5 rings (SSSR count). The van der Waals surface area contributed by atoms with E-state index in [0.717, 1.165) is 69.7 Å². The molecule has 1 unspecified atom stereocenters. The van der Waals surface area contributed by atoms with Crippen LogP contribution < -0.4 is 4.74 Å². The molecule has 1 amide bonds. The van der Waals surface area contributed by atoms with E-state index in [4.69, 9.17) is 4.74 Å². The number of aliphatic hydroxyl groups is 1. The average Bonchev–Trinajstić information content (AvgIpc) is 3.56. The van der Waals surface area contributed by atoms with Crippen LogP contribution in [-0.2, 0) is 9.59 Å². The Morgan fingerprint density at radius 1 is 0.973 bits per heavy atom. The van der Waals surface area contributed by atoms with E-state index in [1.165, 1.54) is 57.8 Å². The molecule has 2 saturated heterocycles. The number of ether oxygens (including phenoxy) is 1. The van der Waals surface area contributed by atoms with Gasteiger partial charge in [-0.1, -0.05) is 63.1 Å². The van der Waals surface area contributed by atoms with E-state index in [-0.39, 0.29) is 11.5 Å². The lowest BCUT2D eigenvalue weighted by Gasteiger charge is -2.42. The molecule has 37 heavy (non-hydrogen) atoms. The zero-order valence-electron chi connectivity index (χ0n) is 23.7. The second kappa shape index (κ2) is 17.6. The smallest absolute Gasteiger partial charge is 0.222 e. The monoisotopic (exact) mass is 516 g/mol. The van der Waals surface area contributed by atoms with Crippen molar-refractivity contribution < 1.29 is 19.4 Å². The minimum Gasteiger partial charge on any atom is -0.497 e. The predicted molar refractivity (Wildman–Crippen MR) is 151 cm³/mol. The summed E-state index contributed by atoms with van der Waals surface area (Å²) >= 11 is 0. The van der Waals surface area contributed by atoms with E-state index in [1.807, 2.05) is 37.4 Å². The summed E-state index contributed by atoms with van der Waals surface area (Å²) in [5.41, 5.74) is 0.285. The minimum absolute atomic E-state index is 0.0174. The number of piperidine rings is 1. The van der Waals surface area contributed by atoms with Crippen LogP contribution in [0.15, 0.2) is 30.3 Å². The molecule has 2 aliphatic heterocycles. The highest BCUT2D eigenvalue weighted by Crippen LogP contribution is 2.44. The van der Waals surface area contributed by atoms with Crippen molar-refractivity contribution in [2.75, 3.05) is 40.8 Å². The Hall–Kier alpha value is -1.92. The fourth-order valence-electron chi connectivity index (χ4n) is 6.06. The Kier molecular flexibility index (Phi) is 14.9. The lowest BCUT2D eigenvalue weighted by Crippen LogP contribution is -2.48. The maximum atomic E-state index is 10.5. The topological polar surface area (TPSA) is 70.1 Å². The van der Waals surface area contributed by atoms with Gasteiger partial charge in [-0.2, -0.15) is 0 Å². The molecule has 2 heterocycles. The third kappa shape index (κ3) is 11.6. The fraction of sp³-hybridized carbons (Fsp3) is 0.742. The summed E-state index contributed by atoms with van der Waals surface area (Å²) in [7, 11) is 5.68. The molecule has 4 fully saturated rings. The normalized spacial score (nSPS) is 23.2. The van der Waals surface area contributed by atoms with Crippen LogP contribution in [0.25, 0.3) is 0 Å². The molecule has 0 aromatic heterocycles. The zero-order valence-corrected chi connectivity index (χ0v) is 23.7. The van der Waals surface area contributed by atoms with Crippen molar-refractivity contribution in [2.45, 2.75) is 96.0 Å². The van der Waals surface area contributed by atoms with Crippen LogP contribution in [0.3, 0.4) is 0 Å². The average molecular weight is 517 g/mol. The van der Waals surface area contributed by atoms with Gasteiger partial charge >= 0.3 is 0 Å². The molecule has 1 atom stereocenters. The Balaban J connectivity index is 0.000000177. The second-order valence-corrected chi connectivity index (χ2v) is 11.3. The molecule has 2 aliphatic carbocycles. The number of aldehydes is 1. The van der Waals surface area contributed by atoms with Gasteiger partial charge in [-0.15, -0.1) is 0 Å². The molecule has 0 radical (unpaired) electrons. The molecule has 2 saturated carbocycles. The number of rotatable bonds is 4. The van der Waals surface area contributed by atoms with Crippen molar-refractivity contribution >= 4 is 12.2 Å². The van der Waals surface area contributed by atoms with Crippen LogP contribution in [0.2, 0.25) is 0 Å². The number of likely N-dealkylation sites (tertiary alicyclic amines) is 2. The minimum atomic E-state index is -0.0174. The van der Waals surface area contributed by atoms with E-state index >= 15 is 0 Å². The predicted octanol–water partition coefficient (Wildman–Crippen LogP) is 5.72. The second-order valence-electron chi connectivity index (χ2n) is 11.3. The van der Waals surface area contributed by atoms with E-state index in [1.54, 1.807) is 12.0 Å². The van der Waals surface area contributed by atoms with E-state index in [0.29, 0.717) is 5.91 Å². The van der Waals surface area contributed by atoms with Crippen LogP contribution in [-0.4, -0.2) is 74.0 Å². The van der Waals surface area contributed by atoms with E-state index < -0.39 is 0 Å². The van der Waals surface area contributed by atoms with Gasteiger partial charge in [-0.05, 0) is 57.2 Å². The van der Waals surface area contributed by atoms with Gasteiger partial charge in [-0.25, -0.2) is 0 Å². The molecular formula is C31H52N2O4. The number of aliphatic hydroxyl groups excluding tert-OH is 1. The van der Waals surface area contributed by atoms with Crippen molar-refractivity contribution in [3.05, 3.63) is 30.3 Å². The quantitative estimate of drug-likeness (QED) is 0.518. The number of hydrogen-bond donors (Lipinski definition) is 1. The molecule has 1 aromatic carbocycles. The number of para-hydroxylation sites is 1. The van der Waals surface area contributed by atoms with Gasteiger partial charge in [0.15, 0.2) is 0 Å². The van der Waals surface area contributed by atoms with Crippen molar-refractivity contribution in [1.82, 2.24) is 9.80 Å². The molecule has 210 valence electrons. The van der Waals surface area contributed by atoms with Crippen LogP contribution >= 0.6 is 0 Å². The standard InChI is InChI=1S/C10H19NO.C9H16O.C7H8O.C5H9NO/c1-11-7-4-9(12)10(8-11)5-2-3-6-10;10-8-4-7-9-5-2-1-3-6-9;1-8-7-5-3-2-4-6-7;1-6-4-2-3-5(6)7/h9,12H,2-8H2,1H3;8-9H,1-7H2;2-6H,1H3;2-4H2,1H3. The van der Waals surface area contributed by atoms with Gasteiger partial charge < -0.3 is 24.4 Å². The van der Waals surface area contributed by atoms with Crippen LogP contribution in [0.4, 0.5) is 0 Å². The first-order valence-corrected chi connectivity index (χ1v) is 14.5. The number of carbonyl (C=O) groups excluding carboxylic acids is 2. The number of amides is 1. The molecule has 1 aromatic rings. The van der Waals surface area contributed by atoms with Crippen LogP contribution in [0, 0.1) is 11.3 Å². The summed E-state index contributed by atoms with van der Waals surface area (Å²) in [6.45, 7) is 3.15.